The van der Waals surface area contributed by atoms with Crippen LogP contribution in [0.5, 0.6) is 5.75 Å². The molecule has 1 aliphatic carbocycles. The minimum atomic E-state index is -0.540. The fourth-order valence-corrected chi connectivity index (χ4v) is 2.29. The van der Waals surface area contributed by atoms with E-state index in [1.54, 1.807) is 18.1 Å². The lowest BCUT2D eigenvalue weighted by Crippen LogP contribution is -2.38. The van der Waals surface area contributed by atoms with Gasteiger partial charge in [-0.25, -0.2) is 0 Å². The molecule has 2 rings (SSSR count). The Morgan fingerprint density at radius 1 is 1.55 bits per heavy atom. The van der Waals surface area contributed by atoms with E-state index < -0.39 is 5.41 Å². The van der Waals surface area contributed by atoms with Crippen molar-refractivity contribution in [3.8, 4) is 5.75 Å². The van der Waals surface area contributed by atoms with Crippen molar-refractivity contribution in [3.05, 3.63) is 42.5 Å². The van der Waals surface area contributed by atoms with Crippen molar-refractivity contribution < 1.29 is 14.6 Å². The van der Waals surface area contributed by atoms with Crippen molar-refractivity contribution >= 4 is 5.91 Å². The van der Waals surface area contributed by atoms with Crippen LogP contribution in [-0.4, -0.2) is 36.2 Å². The maximum Gasteiger partial charge on any atom is 0.231 e. The van der Waals surface area contributed by atoms with Crippen LogP contribution < -0.4 is 4.74 Å². The van der Waals surface area contributed by atoms with E-state index in [1.807, 2.05) is 24.3 Å². The van der Waals surface area contributed by atoms with Gasteiger partial charge in [-0.3, -0.25) is 4.79 Å². The Hall–Kier alpha value is -1.81. The van der Waals surface area contributed by atoms with E-state index in [2.05, 4.69) is 6.58 Å². The number of hydrogen-bond acceptors (Lipinski definition) is 3. The molecular formula is C16H21NO3. The van der Waals surface area contributed by atoms with Gasteiger partial charge in [0.2, 0.25) is 5.91 Å². The minimum absolute atomic E-state index is 0.0164. The number of aliphatic hydroxyl groups is 1. The molecule has 0 atom stereocenters. The summed E-state index contributed by atoms with van der Waals surface area (Å²) in [6, 6.07) is 7.66. The zero-order valence-corrected chi connectivity index (χ0v) is 11.8. The number of carbonyl (C=O) groups excluding carboxylic acids is 1. The molecule has 1 saturated carbocycles. The molecule has 4 heteroatoms. The molecular weight excluding hydrogens is 254 g/mol. The molecule has 1 aromatic rings. The molecule has 0 unspecified atom stereocenters. The molecule has 0 aliphatic heterocycles. The number of methoxy groups -OCH3 is 1. The zero-order chi connectivity index (χ0) is 14.6. The predicted molar refractivity (Wildman–Crippen MR) is 77.4 cm³/mol. The van der Waals surface area contributed by atoms with Crippen LogP contribution in [0.3, 0.4) is 0 Å². The third-order valence-electron chi connectivity index (χ3n) is 3.75. The number of nitrogens with zero attached hydrogens (tertiary/aromatic N) is 1. The average molecular weight is 275 g/mol. The van der Waals surface area contributed by atoms with E-state index in [4.69, 9.17) is 4.74 Å². The minimum Gasteiger partial charge on any atom is -0.497 e. The van der Waals surface area contributed by atoms with Crippen molar-refractivity contribution in [2.24, 2.45) is 5.41 Å². The normalized spacial score (nSPS) is 15.5. The summed E-state index contributed by atoms with van der Waals surface area (Å²) >= 11 is 0. The summed E-state index contributed by atoms with van der Waals surface area (Å²) in [7, 11) is 1.62. The summed E-state index contributed by atoms with van der Waals surface area (Å²) in [5.41, 5.74) is 0.468. The summed E-state index contributed by atoms with van der Waals surface area (Å²) in [6.45, 7) is 4.62. The Bertz CT molecular complexity index is 494. The van der Waals surface area contributed by atoms with Gasteiger partial charge in [-0.1, -0.05) is 18.2 Å². The molecule has 0 aromatic heterocycles. The van der Waals surface area contributed by atoms with Gasteiger partial charge >= 0.3 is 0 Å². The second-order valence-corrected chi connectivity index (χ2v) is 5.26. The average Bonchev–Trinajstić information content (AvgIpc) is 3.27. The summed E-state index contributed by atoms with van der Waals surface area (Å²) < 4.78 is 5.19. The van der Waals surface area contributed by atoms with E-state index in [-0.39, 0.29) is 12.5 Å². The Kier molecular flexibility index (Phi) is 4.45. The number of ether oxygens (including phenoxy) is 1. The topological polar surface area (TPSA) is 49.8 Å². The van der Waals surface area contributed by atoms with Crippen molar-refractivity contribution in [2.75, 3.05) is 20.3 Å². The molecule has 0 saturated heterocycles. The van der Waals surface area contributed by atoms with Crippen LogP contribution in [0.4, 0.5) is 0 Å². The van der Waals surface area contributed by atoms with Gasteiger partial charge in [0, 0.05) is 13.1 Å². The van der Waals surface area contributed by atoms with Crippen LogP contribution in [0.25, 0.3) is 0 Å². The number of benzene rings is 1. The van der Waals surface area contributed by atoms with Crippen LogP contribution in [0.2, 0.25) is 0 Å². The quantitative estimate of drug-likeness (QED) is 0.774. The van der Waals surface area contributed by atoms with Gasteiger partial charge in [0.25, 0.3) is 0 Å². The monoisotopic (exact) mass is 275 g/mol. The predicted octanol–water partition coefficient (Wildman–Crippen LogP) is 1.98. The van der Waals surface area contributed by atoms with Gasteiger partial charge in [-0.2, -0.15) is 0 Å². The second-order valence-electron chi connectivity index (χ2n) is 5.26. The van der Waals surface area contributed by atoms with E-state index in [1.165, 1.54) is 0 Å². The van der Waals surface area contributed by atoms with Crippen LogP contribution in [0.1, 0.15) is 18.4 Å². The lowest BCUT2D eigenvalue weighted by molar-refractivity contribution is -0.138. The summed E-state index contributed by atoms with van der Waals surface area (Å²) in [5, 5.41) is 9.40. The molecule has 1 aromatic carbocycles. The molecule has 108 valence electrons. The summed E-state index contributed by atoms with van der Waals surface area (Å²) in [6.07, 6.45) is 3.26. The lowest BCUT2D eigenvalue weighted by Gasteiger charge is -2.25. The Morgan fingerprint density at radius 3 is 2.85 bits per heavy atom. The Labute approximate surface area is 119 Å². The maximum absolute atomic E-state index is 12.5. The molecule has 1 fully saturated rings. The van der Waals surface area contributed by atoms with Gasteiger partial charge in [-0.15, -0.1) is 6.58 Å². The first-order valence-electron chi connectivity index (χ1n) is 6.79. The molecule has 0 heterocycles. The third kappa shape index (κ3) is 3.02. The molecule has 1 N–H and O–H groups in total. The van der Waals surface area contributed by atoms with Gasteiger partial charge in [-0.05, 0) is 30.5 Å². The fourth-order valence-electron chi connectivity index (χ4n) is 2.29. The third-order valence-corrected chi connectivity index (χ3v) is 3.75. The first kappa shape index (κ1) is 14.6. The van der Waals surface area contributed by atoms with Crippen LogP contribution in [0.15, 0.2) is 36.9 Å². The Morgan fingerprint density at radius 2 is 2.30 bits per heavy atom. The first-order chi connectivity index (χ1) is 9.65. The zero-order valence-electron chi connectivity index (χ0n) is 11.8. The second kappa shape index (κ2) is 6.09. The fraction of sp³-hybridized carbons (Fsp3) is 0.438. The molecule has 1 aliphatic rings. The Balaban J connectivity index is 2.12. The standard InChI is InChI=1S/C16H21NO3/c1-3-9-17(15(19)16(12-18)7-8-16)11-13-5-4-6-14(10-13)20-2/h3-6,10,18H,1,7-9,11-12H2,2H3. The summed E-state index contributed by atoms with van der Waals surface area (Å²) in [4.78, 5) is 14.2. The number of rotatable bonds is 7. The van der Waals surface area contributed by atoms with E-state index in [0.29, 0.717) is 13.1 Å². The highest BCUT2D eigenvalue weighted by atomic mass is 16.5. The largest absolute Gasteiger partial charge is 0.497 e. The lowest BCUT2D eigenvalue weighted by atomic mass is 10.1. The SMILES string of the molecule is C=CCN(Cc1cccc(OC)c1)C(=O)C1(CO)CC1. The van der Waals surface area contributed by atoms with E-state index in [9.17, 15) is 9.90 Å². The maximum atomic E-state index is 12.5. The van der Waals surface area contributed by atoms with Gasteiger partial charge < -0.3 is 14.7 Å². The number of carbonyl (C=O) groups is 1. The molecule has 0 bridgehead atoms. The number of aliphatic hydroxyl groups excluding tert-OH is 1. The smallest absolute Gasteiger partial charge is 0.231 e. The van der Waals surface area contributed by atoms with E-state index >= 15 is 0 Å². The van der Waals surface area contributed by atoms with Crippen LogP contribution in [0, 0.1) is 5.41 Å². The van der Waals surface area contributed by atoms with Gasteiger partial charge in [0.15, 0.2) is 0 Å². The van der Waals surface area contributed by atoms with E-state index in [0.717, 1.165) is 24.2 Å². The molecule has 20 heavy (non-hydrogen) atoms. The molecule has 0 radical (unpaired) electrons. The van der Waals surface area contributed by atoms with Crippen LogP contribution >= 0.6 is 0 Å². The van der Waals surface area contributed by atoms with Crippen molar-refractivity contribution in [2.45, 2.75) is 19.4 Å². The molecule has 4 nitrogen and oxygen atoms in total. The first-order valence-corrected chi connectivity index (χ1v) is 6.79. The van der Waals surface area contributed by atoms with Gasteiger partial charge in [0.1, 0.15) is 5.75 Å². The highest BCUT2D eigenvalue weighted by Crippen LogP contribution is 2.46. The number of amides is 1. The van der Waals surface area contributed by atoms with Crippen molar-refractivity contribution in [1.82, 2.24) is 4.90 Å². The molecule has 0 spiro atoms. The molecule has 1 amide bonds. The van der Waals surface area contributed by atoms with Gasteiger partial charge in [0.05, 0.1) is 19.1 Å². The summed E-state index contributed by atoms with van der Waals surface area (Å²) in [5.74, 6) is 0.791. The number of hydrogen-bond donors (Lipinski definition) is 1. The highest BCUT2D eigenvalue weighted by Gasteiger charge is 2.51. The van der Waals surface area contributed by atoms with Crippen LogP contribution in [-0.2, 0) is 11.3 Å². The van der Waals surface area contributed by atoms with Crippen molar-refractivity contribution in [3.63, 3.8) is 0 Å². The van der Waals surface area contributed by atoms with Crippen molar-refractivity contribution in [1.29, 1.82) is 0 Å². The highest BCUT2D eigenvalue weighted by molar-refractivity contribution is 5.85.